The number of rotatable bonds is 4. The highest BCUT2D eigenvalue weighted by molar-refractivity contribution is 6.33. The van der Waals surface area contributed by atoms with Crippen molar-refractivity contribution in [1.29, 1.82) is 0 Å². The van der Waals surface area contributed by atoms with Crippen LogP contribution in [0.4, 0.5) is 34.8 Å². The summed E-state index contributed by atoms with van der Waals surface area (Å²) in [5, 5.41) is 4.72. The summed E-state index contributed by atoms with van der Waals surface area (Å²) in [6, 6.07) is 3.68. The zero-order valence-electron chi connectivity index (χ0n) is 15.7. The number of benzene rings is 1. The molecule has 0 saturated carbocycles. The molecule has 30 heavy (non-hydrogen) atoms. The molecule has 1 aromatic carbocycles. The van der Waals surface area contributed by atoms with Crippen molar-refractivity contribution in [2.75, 3.05) is 22.1 Å². The summed E-state index contributed by atoms with van der Waals surface area (Å²) in [7, 11) is 0. The molecule has 0 bridgehead atoms. The van der Waals surface area contributed by atoms with Gasteiger partial charge in [-0.1, -0.05) is 11.6 Å². The van der Waals surface area contributed by atoms with Crippen LogP contribution >= 0.6 is 11.6 Å². The highest BCUT2D eigenvalue weighted by atomic mass is 35.5. The molecule has 6 nitrogen and oxygen atoms in total. The fourth-order valence-electron chi connectivity index (χ4n) is 3.21. The van der Waals surface area contributed by atoms with E-state index in [0.29, 0.717) is 31.3 Å². The number of halogens is 5. The summed E-state index contributed by atoms with van der Waals surface area (Å²) in [5.74, 6) is -1.57. The second kappa shape index (κ2) is 8.47. The molecule has 1 saturated heterocycles. The van der Waals surface area contributed by atoms with Crippen LogP contribution < -0.4 is 15.5 Å². The number of hydrogen-bond acceptors (Lipinski definition) is 4. The summed E-state index contributed by atoms with van der Waals surface area (Å²) >= 11 is 6.00. The number of aromatic nitrogens is 1. The minimum absolute atomic E-state index is 0.0507. The van der Waals surface area contributed by atoms with Crippen LogP contribution in [0, 0.1) is 5.82 Å². The standard InChI is InChI=1S/C19H17ClF4N4O2/c1-10(29)26-12-4-5-14(21)15(8-12)27-18(30)16-3-2-6-28(16)17-13(20)7-11(9-25-17)19(22,23)24/h4-5,7-9,16H,2-3,6H2,1H3,(H,26,29)(H,27,30). The summed E-state index contributed by atoms with van der Waals surface area (Å²) in [4.78, 5) is 29.2. The van der Waals surface area contributed by atoms with Crippen molar-refractivity contribution < 1.29 is 27.2 Å². The van der Waals surface area contributed by atoms with Crippen molar-refractivity contribution >= 4 is 40.6 Å². The number of carbonyl (C=O) groups is 2. The first-order valence-corrected chi connectivity index (χ1v) is 9.31. The van der Waals surface area contributed by atoms with Crippen LogP contribution in [-0.4, -0.2) is 29.4 Å². The third-order valence-electron chi connectivity index (χ3n) is 4.52. The van der Waals surface area contributed by atoms with Crippen LogP contribution in [-0.2, 0) is 15.8 Å². The van der Waals surface area contributed by atoms with Gasteiger partial charge in [0.2, 0.25) is 11.8 Å². The number of alkyl halides is 3. The lowest BCUT2D eigenvalue weighted by atomic mass is 10.2. The van der Waals surface area contributed by atoms with Gasteiger partial charge in [-0.2, -0.15) is 13.2 Å². The Morgan fingerprint density at radius 3 is 2.60 bits per heavy atom. The van der Waals surface area contributed by atoms with Crippen LogP contribution in [0.3, 0.4) is 0 Å². The van der Waals surface area contributed by atoms with Crippen LogP contribution in [0.25, 0.3) is 0 Å². The van der Waals surface area contributed by atoms with Gasteiger partial charge in [-0.25, -0.2) is 9.37 Å². The number of hydrogen-bond donors (Lipinski definition) is 2. The molecular formula is C19H17ClF4N4O2. The van der Waals surface area contributed by atoms with E-state index in [-0.39, 0.29) is 22.4 Å². The van der Waals surface area contributed by atoms with E-state index in [4.69, 9.17) is 11.6 Å². The molecule has 3 rings (SSSR count). The van der Waals surface area contributed by atoms with E-state index in [9.17, 15) is 27.2 Å². The van der Waals surface area contributed by atoms with E-state index < -0.39 is 29.5 Å². The molecule has 1 aromatic heterocycles. The Labute approximate surface area is 174 Å². The molecule has 1 aliphatic heterocycles. The Kier molecular flexibility index (Phi) is 6.16. The van der Waals surface area contributed by atoms with Gasteiger partial charge in [0, 0.05) is 25.4 Å². The lowest BCUT2D eigenvalue weighted by Crippen LogP contribution is -2.40. The monoisotopic (exact) mass is 444 g/mol. The highest BCUT2D eigenvalue weighted by Crippen LogP contribution is 2.36. The van der Waals surface area contributed by atoms with E-state index in [0.717, 1.165) is 12.1 Å². The minimum Gasteiger partial charge on any atom is -0.343 e. The average Bonchev–Trinajstić information content (AvgIpc) is 3.12. The molecule has 2 amide bonds. The summed E-state index contributed by atoms with van der Waals surface area (Å²) < 4.78 is 52.6. The Hall–Kier alpha value is -2.88. The van der Waals surface area contributed by atoms with Gasteiger partial charge in [0.25, 0.3) is 0 Å². The molecule has 11 heteroatoms. The van der Waals surface area contributed by atoms with Crippen LogP contribution in [0.15, 0.2) is 30.5 Å². The lowest BCUT2D eigenvalue weighted by Gasteiger charge is -2.26. The van der Waals surface area contributed by atoms with Crippen molar-refractivity contribution in [2.24, 2.45) is 0 Å². The van der Waals surface area contributed by atoms with Gasteiger partial charge in [0.15, 0.2) is 0 Å². The van der Waals surface area contributed by atoms with Crippen molar-refractivity contribution in [2.45, 2.75) is 32.0 Å². The molecule has 1 unspecified atom stereocenters. The average molecular weight is 445 g/mol. The number of amides is 2. The van der Waals surface area contributed by atoms with E-state index in [1.165, 1.54) is 24.0 Å². The predicted octanol–water partition coefficient (Wildman–Crippen LogP) is 4.46. The topological polar surface area (TPSA) is 74.3 Å². The van der Waals surface area contributed by atoms with E-state index >= 15 is 0 Å². The maximum absolute atomic E-state index is 14.1. The molecule has 2 aromatic rings. The third kappa shape index (κ3) is 4.81. The summed E-state index contributed by atoms with van der Waals surface area (Å²) in [5.41, 5.74) is -0.826. The van der Waals surface area contributed by atoms with Gasteiger partial charge in [0.05, 0.1) is 16.3 Å². The maximum atomic E-state index is 14.1. The number of pyridine rings is 1. The highest BCUT2D eigenvalue weighted by Gasteiger charge is 2.36. The minimum atomic E-state index is -4.59. The quantitative estimate of drug-likeness (QED) is 0.683. The van der Waals surface area contributed by atoms with E-state index in [1.807, 2.05) is 0 Å². The van der Waals surface area contributed by atoms with Crippen LogP contribution in [0.2, 0.25) is 5.02 Å². The molecule has 2 heterocycles. The molecule has 2 N–H and O–H groups in total. The molecule has 0 radical (unpaired) electrons. The van der Waals surface area contributed by atoms with Gasteiger partial charge < -0.3 is 15.5 Å². The predicted molar refractivity (Wildman–Crippen MR) is 104 cm³/mol. The fraction of sp³-hybridized carbons (Fsp3) is 0.316. The second-order valence-corrected chi connectivity index (χ2v) is 7.15. The first-order valence-electron chi connectivity index (χ1n) is 8.93. The number of nitrogens with zero attached hydrogens (tertiary/aromatic N) is 2. The number of anilines is 3. The fourth-order valence-corrected chi connectivity index (χ4v) is 3.48. The molecule has 1 atom stereocenters. The van der Waals surface area contributed by atoms with Gasteiger partial charge in [-0.3, -0.25) is 9.59 Å². The van der Waals surface area contributed by atoms with Crippen molar-refractivity contribution in [3.05, 3.63) is 46.9 Å². The molecule has 1 aliphatic rings. The SMILES string of the molecule is CC(=O)Nc1ccc(F)c(NC(=O)C2CCCN2c2ncc(C(F)(F)F)cc2Cl)c1. The summed E-state index contributed by atoms with van der Waals surface area (Å²) in [6.45, 7) is 1.64. The third-order valence-corrected chi connectivity index (χ3v) is 4.80. The van der Waals surface area contributed by atoms with Crippen molar-refractivity contribution in [3.8, 4) is 0 Å². The zero-order valence-corrected chi connectivity index (χ0v) is 16.4. The van der Waals surface area contributed by atoms with Crippen molar-refractivity contribution in [1.82, 2.24) is 4.98 Å². The van der Waals surface area contributed by atoms with Crippen LogP contribution in [0.1, 0.15) is 25.3 Å². The van der Waals surface area contributed by atoms with Gasteiger partial charge in [-0.05, 0) is 37.1 Å². The molecular weight excluding hydrogens is 428 g/mol. The smallest absolute Gasteiger partial charge is 0.343 e. The van der Waals surface area contributed by atoms with E-state index in [1.54, 1.807) is 0 Å². The van der Waals surface area contributed by atoms with Crippen LogP contribution in [0.5, 0.6) is 0 Å². The normalized spacial score (nSPS) is 16.5. The molecule has 160 valence electrons. The lowest BCUT2D eigenvalue weighted by molar-refractivity contribution is -0.137. The summed E-state index contributed by atoms with van der Waals surface area (Å²) in [6.07, 6.45) is -2.97. The Morgan fingerprint density at radius 2 is 1.97 bits per heavy atom. The Morgan fingerprint density at radius 1 is 1.23 bits per heavy atom. The zero-order chi connectivity index (χ0) is 22.1. The molecule has 0 aliphatic carbocycles. The van der Waals surface area contributed by atoms with Gasteiger partial charge in [0.1, 0.15) is 17.7 Å². The Bertz CT molecular complexity index is 983. The number of carbonyl (C=O) groups excluding carboxylic acids is 2. The first kappa shape index (κ1) is 21.8. The largest absolute Gasteiger partial charge is 0.417 e. The first-order chi connectivity index (χ1) is 14.1. The molecule has 0 spiro atoms. The van der Waals surface area contributed by atoms with Gasteiger partial charge in [-0.15, -0.1) is 0 Å². The van der Waals surface area contributed by atoms with Gasteiger partial charge >= 0.3 is 6.18 Å². The number of nitrogens with one attached hydrogen (secondary N) is 2. The van der Waals surface area contributed by atoms with E-state index in [2.05, 4.69) is 15.6 Å². The van der Waals surface area contributed by atoms with Crippen molar-refractivity contribution in [3.63, 3.8) is 0 Å². The second-order valence-electron chi connectivity index (χ2n) is 6.74. The maximum Gasteiger partial charge on any atom is 0.417 e. The Balaban J connectivity index is 1.81. The molecule has 1 fully saturated rings.